The van der Waals surface area contributed by atoms with Gasteiger partial charge in [0.1, 0.15) is 5.60 Å². The fraction of sp³-hybridized carbons (Fsp3) is 1.00. The van der Waals surface area contributed by atoms with Crippen molar-refractivity contribution >= 4 is 0 Å². The lowest BCUT2D eigenvalue weighted by atomic mass is 9.91. The Hall–Kier alpha value is -0.120. The summed E-state index contributed by atoms with van der Waals surface area (Å²) >= 11 is 0. The summed E-state index contributed by atoms with van der Waals surface area (Å²) in [5, 5.41) is 14.0. The molecule has 0 amide bonds. The summed E-state index contributed by atoms with van der Waals surface area (Å²) in [6.07, 6.45) is 3.19. The minimum absolute atomic E-state index is 0.0419. The molecule has 2 N–H and O–H groups in total. The summed E-state index contributed by atoms with van der Waals surface area (Å²) in [7, 11) is 0. The highest BCUT2D eigenvalue weighted by Crippen LogP contribution is 2.41. The second-order valence-electron chi connectivity index (χ2n) is 6.90. The molecule has 0 spiro atoms. The first-order valence-corrected chi connectivity index (χ1v) is 6.90. The molecule has 4 unspecified atom stereocenters. The van der Waals surface area contributed by atoms with Crippen LogP contribution < -0.4 is 5.32 Å². The average Bonchev–Trinajstić information content (AvgIpc) is 2.66. The van der Waals surface area contributed by atoms with E-state index in [4.69, 9.17) is 4.74 Å². The Kier molecular flexibility index (Phi) is 3.54. The second-order valence-corrected chi connectivity index (χ2v) is 6.90. The molecule has 1 heterocycles. The van der Waals surface area contributed by atoms with Crippen molar-refractivity contribution in [1.82, 2.24) is 5.32 Å². The lowest BCUT2D eigenvalue weighted by molar-refractivity contribution is -0.0282. The summed E-state index contributed by atoms with van der Waals surface area (Å²) in [6.45, 7) is 10.3. The van der Waals surface area contributed by atoms with Crippen LogP contribution in [0.2, 0.25) is 0 Å². The van der Waals surface area contributed by atoms with Gasteiger partial charge in [-0.05, 0) is 31.1 Å². The zero-order chi connectivity index (χ0) is 12.7. The molecule has 3 heteroatoms. The lowest BCUT2D eigenvalue weighted by Gasteiger charge is -2.29. The fourth-order valence-electron chi connectivity index (χ4n) is 3.48. The van der Waals surface area contributed by atoms with E-state index in [9.17, 15) is 5.11 Å². The van der Waals surface area contributed by atoms with Gasteiger partial charge >= 0.3 is 0 Å². The first-order chi connectivity index (χ1) is 7.82. The lowest BCUT2D eigenvalue weighted by Crippen LogP contribution is -2.49. The molecule has 2 rings (SSSR count). The van der Waals surface area contributed by atoms with Crippen LogP contribution >= 0.6 is 0 Å². The van der Waals surface area contributed by atoms with Crippen LogP contribution in [0, 0.1) is 11.3 Å². The van der Waals surface area contributed by atoms with E-state index in [-0.39, 0.29) is 6.10 Å². The van der Waals surface area contributed by atoms with Crippen LogP contribution in [0.4, 0.5) is 0 Å². The minimum atomic E-state index is -0.660. The SMILES string of the molecule is CC1CC(C)(C)CC1NCC1(O)CCOC1C. The quantitative estimate of drug-likeness (QED) is 0.793. The third-order valence-corrected chi connectivity index (χ3v) is 4.66. The maximum absolute atomic E-state index is 10.4. The van der Waals surface area contributed by atoms with Crippen molar-refractivity contribution in [3.8, 4) is 0 Å². The number of ether oxygens (including phenoxy) is 1. The number of hydrogen-bond donors (Lipinski definition) is 2. The van der Waals surface area contributed by atoms with Gasteiger partial charge in [0.15, 0.2) is 0 Å². The Morgan fingerprint density at radius 3 is 2.47 bits per heavy atom. The van der Waals surface area contributed by atoms with E-state index >= 15 is 0 Å². The molecule has 0 bridgehead atoms. The maximum atomic E-state index is 10.4. The van der Waals surface area contributed by atoms with Gasteiger partial charge in [0.2, 0.25) is 0 Å². The van der Waals surface area contributed by atoms with E-state index < -0.39 is 5.60 Å². The van der Waals surface area contributed by atoms with Crippen molar-refractivity contribution in [2.24, 2.45) is 11.3 Å². The minimum Gasteiger partial charge on any atom is -0.386 e. The molecule has 0 aromatic rings. The molecule has 1 saturated heterocycles. The van der Waals surface area contributed by atoms with Gasteiger partial charge in [-0.25, -0.2) is 0 Å². The van der Waals surface area contributed by atoms with Gasteiger partial charge in [-0.3, -0.25) is 0 Å². The molecule has 17 heavy (non-hydrogen) atoms. The monoisotopic (exact) mass is 241 g/mol. The number of aliphatic hydroxyl groups is 1. The van der Waals surface area contributed by atoms with E-state index in [0.717, 1.165) is 6.42 Å². The maximum Gasteiger partial charge on any atom is 0.105 e. The highest BCUT2D eigenvalue weighted by atomic mass is 16.5. The van der Waals surface area contributed by atoms with E-state index in [1.54, 1.807) is 0 Å². The van der Waals surface area contributed by atoms with Crippen molar-refractivity contribution in [2.45, 2.75) is 64.7 Å². The van der Waals surface area contributed by atoms with Gasteiger partial charge in [0, 0.05) is 25.6 Å². The van der Waals surface area contributed by atoms with Gasteiger partial charge in [-0.2, -0.15) is 0 Å². The molecule has 2 aliphatic rings. The fourth-order valence-corrected chi connectivity index (χ4v) is 3.48. The van der Waals surface area contributed by atoms with Crippen LogP contribution in [0.5, 0.6) is 0 Å². The summed E-state index contributed by atoms with van der Waals surface area (Å²) < 4.78 is 5.46. The third kappa shape index (κ3) is 2.83. The van der Waals surface area contributed by atoms with Crippen molar-refractivity contribution in [3.05, 3.63) is 0 Å². The molecule has 3 nitrogen and oxygen atoms in total. The van der Waals surface area contributed by atoms with Crippen LogP contribution in [0.1, 0.15) is 47.0 Å². The first kappa shape index (κ1) is 13.3. The second kappa shape index (κ2) is 4.52. The Morgan fingerprint density at radius 1 is 1.29 bits per heavy atom. The van der Waals surface area contributed by atoms with Crippen LogP contribution in [0.3, 0.4) is 0 Å². The molecule has 4 atom stereocenters. The normalized spacial score (nSPS) is 45.4. The molecule has 2 fully saturated rings. The summed E-state index contributed by atoms with van der Waals surface area (Å²) in [5.41, 5.74) is -0.218. The summed E-state index contributed by atoms with van der Waals surface area (Å²) in [6, 6.07) is 0.543. The number of nitrogens with one attached hydrogen (secondary N) is 1. The van der Waals surface area contributed by atoms with Crippen LogP contribution in [0.25, 0.3) is 0 Å². The van der Waals surface area contributed by atoms with Crippen molar-refractivity contribution in [3.63, 3.8) is 0 Å². The Morgan fingerprint density at radius 2 is 2.00 bits per heavy atom. The van der Waals surface area contributed by atoms with Crippen molar-refractivity contribution in [2.75, 3.05) is 13.2 Å². The Bertz CT molecular complexity index is 279. The predicted octanol–water partition coefficient (Wildman–Crippen LogP) is 1.94. The van der Waals surface area contributed by atoms with Gasteiger partial charge in [-0.15, -0.1) is 0 Å². The highest BCUT2D eigenvalue weighted by molar-refractivity contribution is 4.96. The molecule has 0 aromatic carbocycles. The van der Waals surface area contributed by atoms with Crippen LogP contribution in [-0.4, -0.2) is 36.0 Å². The summed E-state index contributed by atoms with van der Waals surface area (Å²) in [4.78, 5) is 0. The molecular weight excluding hydrogens is 214 g/mol. The molecule has 1 saturated carbocycles. The molecule has 1 aliphatic carbocycles. The van der Waals surface area contributed by atoms with Gasteiger partial charge in [0.25, 0.3) is 0 Å². The van der Waals surface area contributed by atoms with Crippen LogP contribution in [0.15, 0.2) is 0 Å². The first-order valence-electron chi connectivity index (χ1n) is 6.90. The van der Waals surface area contributed by atoms with E-state index in [0.29, 0.717) is 30.5 Å². The predicted molar refractivity (Wildman–Crippen MR) is 69.0 cm³/mol. The molecular formula is C14H27NO2. The van der Waals surface area contributed by atoms with Gasteiger partial charge < -0.3 is 15.2 Å². The van der Waals surface area contributed by atoms with Crippen LogP contribution in [-0.2, 0) is 4.74 Å². The zero-order valence-corrected chi connectivity index (χ0v) is 11.6. The van der Waals surface area contributed by atoms with Crippen molar-refractivity contribution in [1.29, 1.82) is 0 Å². The average molecular weight is 241 g/mol. The smallest absolute Gasteiger partial charge is 0.105 e. The van der Waals surface area contributed by atoms with E-state index in [2.05, 4.69) is 26.1 Å². The van der Waals surface area contributed by atoms with Crippen molar-refractivity contribution < 1.29 is 9.84 Å². The number of rotatable bonds is 3. The molecule has 0 aromatic heterocycles. The summed E-state index contributed by atoms with van der Waals surface area (Å²) in [5.74, 6) is 0.700. The molecule has 100 valence electrons. The van der Waals surface area contributed by atoms with Gasteiger partial charge in [-0.1, -0.05) is 20.8 Å². The largest absolute Gasteiger partial charge is 0.386 e. The third-order valence-electron chi connectivity index (χ3n) is 4.66. The topological polar surface area (TPSA) is 41.5 Å². The zero-order valence-electron chi connectivity index (χ0n) is 11.6. The highest BCUT2D eigenvalue weighted by Gasteiger charge is 2.42. The Labute approximate surface area is 105 Å². The molecule has 1 aliphatic heterocycles. The number of hydrogen-bond acceptors (Lipinski definition) is 3. The molecule has 0 radical (unpaired) electrons. The standard InChI is InChI=1S/C14H27NO2/c1-10-7-13(3,4)8-12(10)15-9-14(16)5-6-17-11(14)2/h10-12,15-16H,5-9H2,1-4H3. The van der Waals surface area contributed by atoms with E-state index in [1.165, 1.54) is 12.8 Å². The van der Waals surface area contributed by atoms with E-state index in [1.807, 2.05) is 6.92 Å². The van der Waals surface area contributed by atoms with Gasteiger partial charge in [0.05, 0.1) is 6.10 Å². The Balaban J connectivity index is 1.86.